The van der Waals surface area contributed by atoms with Crippen molar-refractivity contribution in [1.82, 2.24) is 4.57 Å². The Kier molecular flexibility index (Phi) is 7.82. The first kappa shape index (κ1) is 32.8. The normalized spacial score (nSPS) is 11.5. The van der Waals surface area contributed by atoms with Crippen LogP contribution in [0, 0.1) is 0 Å². The third-order valence-electron chi connectivity index (χ3n) is 11.2. The lowest BCUT2D eigenvalue weighted by atomic mass is 9.95. The lowest BCUT2D eigenvalue weighted by Gasteiger charge is -2.30. The number of nitrogens with zero attached hydrogens (tertiary/aromatic N) is 2. The second kappa shape index (κ2) is 13.6. The van der Waals surface area contributed by atoms with Gasteiger partial charge in [0.2, 0.25) is 0 Å². The number of furan rings is 1. The molecule has 3 heteroatoms. The fourth-order valence-electron chi connectivity index (χ4n) is 8.56. The first-order valence-electron chi connectivity index (χ1n) is 19.4. The van der Waals surface area contributed by atoms with E-state index in [9.17, 15) is 0 Å². The van der Waals surface area contributed by atoms with Gasteiger partial charge in [-0.25, -0.2) is 0 Å². The highest BCUT2D eigenvalue weighted by molar-refractivity contribution is 6.11. The summed E-state index contributed by atoms with van der Waals surface area (Å²) >= 11 is 0. The maximum absolute atomic E-state index is 6.27. The number of rotatable bonds is 7. The van der Waals surface area contributed by atoms with Crippen LogP contribution >= 0.6 is 0 Å². The molecule has 0 unspecified atom stereocenters. The molecule has 268 valence electrons. The first-order chi connectivity index (χ1) is 28.3. The van der Waals surface area contributed by atoms with Gasteiger partial charge in [0.1, 0.15) is 11.2 Å². The predicted molar refractivity (Wildman–Crippen MR) is 239 cm³/mol. The molecule has 0 atom stereocenters. The van der Waals surface area contributed by atoms with E-state index < -0.39 is 0 Å². The lowest BCUT2D eigenvalue weighted by Crippen LogP contribution is -2.13. The van der Waals surface area contributed by atoms with Gasteiger partial charge in [-0.1, -0.05) is 152 Å². The van der Waals surface area contributed by atoms with Crippen LogP contribution in [0.25, 0.3) is 82.8 Å². The predicted octanol–water partition coefficient (Wildman–Crippen LogP) is 15.2. The number of benzene rings is 9. The number of para-hydroxylation sites is 4. The third-order valence-corrected chi connectivity index (χ3v) is 11.2. The van der Waals surface area contributed by atoms with Crippen LogP contribution in [0.4, 0.5) is 17.1 Å². The Morgan fingerprint density at radius 3 is 1.77 bits per heavy atom. The van der Waals surface area contributed by atoms with Crippen molar-refractivity contribution in [3.63, 3.8) is 0 Å². The molecule has 0 aliphatic heterocycles. The fraction of sp³-hybridized carbons (Fsp3) is 0. The highest BCUT2D eigenvalue weighted by Crippen LogP contribution is 2.47. The van der Waals surface area contributed by atoms with E-state index in [2.05, 4.69) is 216 Å². The second-order valence-electron chi connectivity index (χ2n) is 14.5. The average molecular weight is 729 g/mol. The minimum absolute atomic E-state index is 0.886. The summed E-state index contributed by atoms with van der Waals surface area (Å²) in [5.74, 6) is 0. The summed E-state index contributed by atoms with van der Waals surface area (Å²) in [7, 11) is 0. The number of aromatic nitrogens is 1. The van der Waals surface area contributed by atoms with E-state index in [0.717, 1.165) is 72.5 Å². The van der Waals surface area contributed by atoms with Crippen molar-refractivity contribution in [2.24, 2.45) is 0 Å². The van der Waals surface area contributed by atoms with E-state index in [-0.39, 0.29) is 0 Å². The minimum Gasteiger partial charge on any atom is -0.456 e. The van der Waals surface area contributed by atoms with Crippen molar-refractivity contribution in [3.05, 3.63) is 218 Å². The van der Waals surface area contributed by atoms with Gasteiger partial charge in [0, 0.05) is 44.0 Å². The van der Waals surface area contributed by atoms with Gasteiger partial charge in [0.25, 0.3) is 0 Å². The topological polar surface area (TPSA) is 21.3 Å². The quantitative estimate of drug-likeness (QED) is 0.163. The van der Waals surface area contributed by atoms with Crippen molar-refractivity contribution in [1.29, 1.82) is 0 Å². The molecule has 0 bridgehead atoms. The smallest absolute Gasteiger partial charge is 0.135 e. The molecule has 11 aromatic rings. The molecule has 9 aromatic carbocycles. The molecule has 0 fully saturated rings. The van der Waals surface area contributed by atoms with Gasteiger partial charge >= 0.3 is 0 Å². The molecular weight excluding hydrogens is 693 g/mol. The molecule has 2 aromatic heterocycles. The summed E-state index contributed by atoms with van der Waals surface area (Å²) in [5.41, 5.74) is 15.4. The summed E-state index contributed by atoms with van der Waals surface area (Å²) in [5, 5.41) is 4.67. The number of fused-ring (bicyclic) bond motifs is 6. The summed E-state index contributed by atoms with van der Waals surface area (Å²) < 4.78 is 8.67. The zero-order chi connectivity index (χ0) is 37.7. The lowest BCUT2D eigenvalue weighted by molar-refractivity contribution is 0.669. The van der Waals surface area contributed by atoms with Crippen LogP contribution in [0.2, 0.25) is 0 Å². The Labute approximate surface area is 330 Å². The maximum atomic E-state index is 6.27. The monoisotopic (exact) mass is 728 g/mol. The molecule has 0 N–H and O–H groups in total. The molecule has 0 aliphatic rings. The van der Waals surface area contributed by atoms with Crippen molar-refractivity contribution in [2.45, 2.75) is 0 Å². The van der Waals surface area contributed by atoms with E-state index in [1.807, 2.05) is 12.1 Å². The van der Waals surface area contributed by atoms with Gasteiger partial charge in [-0.2, -0.15) is 0 Å². The number of hydrogen-bond donors (Lipinski definition) is 0. The summed E-state index contributed by atoms with van der Waals surface area (Å²) in [4.78, 5) is 2.45. The molecule has 0 amide bonds. The highest BCUT2D eigenvalue weighted by Gasteiger charge is 2.23. The molecule has 3 nitrogen and oxygen atoms in total. The molecule has 2 heterocycles. The maximum Gasteiger partial charge on any atom is 0.135 e. The van der Waals surface area contributed by atoms with E-state index >= 15 is 0 Å². The Bertz CT molecular complexity index is 3230. The first-order valence-corrected chi connectivity index (χ1v) is 19.4. The van der Waals surface area contributed by atoms with Crippen LogP contribution in [0.3, 0.4) is 0 Å². The van der Waals surface area contributed by atoms with E-state index in [1.54, 1.807) is 0 Å². The molecule has 11 rings (SSSR count). The van der Waals surface area contributed by atoms with Gasteiger partial charge in [0.15, 0.2) is 0 Å². The minimum atomic E-state index is 0.886. The molecular formula is C54H36N2O. The van der Waals surface area contributed by atoms with Crippen LogP contribution in [-0.4, -0.2) is 4.57 Å². The largest absolute Gasteiger partial charge is 0.456 e. The van der Waals surface area contributed by atoms with E-state index in [0.29, 0.717) is 0 Å². The van der Waals surface area contributed by atoms with Gasteiger partial charge in [-0.15, -0.1) is 0 Å². The van der Waals surface area contributed by atoms with Crippen LogP contribution in [-0.2, 0) is 0 Å². The van der Waals surface area contributed by atoms with Crippen molar-refractivity contribution >= 4 is 60.8 Å². The Morgan fingerprint density at radius 1 is 0.333 bits per heavy atom. The molecule has 0 saturated carbocycles. The summed E-state index contributed by atoms with van der Waals surface area (Å²) in [6.45, 7) is 0. The Balaban J connectivity index is 1.20. The van der Waals surface area contributed by atoms with Gasteiger partial charge in [-0.3, -0.25) is 0 Å². The Hall–Kier alpha value is -7.62. The van der Waals surface area contributed by atoms with Crippen LogP contribution < -0.4 is 4.90 Å². The van der Waals surface area contributed by atoms with Crippen LogP contribution in [0.1, 0.15) is 0 Å². The van der Waals surface area contributed by atoms with Crippen molar-refractivity contribution < 1.29 is 4.42 Å². The Morgan fingerprint density at radius 2 is 0.947 bits per heavy atom. The molecule has 57 heavy (non-hydrogen) atoms. The van der Waals surface area contributed by atoms with E-state index in [1.165, 1.54) is 27.4 Å². The standard InChI is InChI=1S/C54H36N2O/c1-4-16-37(17-5-1)39-28-32-51(47(34-39)38-18-6-2-7-19-38)56(42-30-31-45-44-23-11-14-26-50(44)55(52(45)36-42)41-20-8-3-9-21-41)49-25-13-10-22-43(49)40-29-33-54-48(35-40)46-24-12-15-27-53(46)57-54/h1-36H. The zero-order valence-electron chi connectivity index (χ0n) is 31.1. The number of hydrogen-bond acceptors (Lipinski definition) is 2. The summed E-state index contributed by atoms with van der Waals surface area (Å²) in [6, 6.07) is 78.3. The molecule has 0 radical (unpaired) electrons. The molecule has 0 aliphatic carbocycles. The molecule has 0 spiro atoms. The van der Waals surface area contributed by atoms with Gasteiger partial charge in [0.05, 0.1) is 22.4 Å². The fourth-order valence-corrected chi connectivity index (χ4v) is 8.56. The SMILES string of the molecule is c1ccc(-c2ccc(N(c3ccc4c5ccccc5n(-c5ccccc5)c4c3)c3ccccc3-c3ccc4oc5ccccc5c4c3)c(-c3ccccc3)c2)cc1. The third kappa shape index (κ3) is 5.60. The second-order valence-corrected chi connectivity index (χ2v) is 14.5. The van der Waals surface area contributed by atoms with Gasteiger partial charge in [-0.05, 0) is 89.0 Å². The van der Waals surface area contributed by atoms with Crippen molar-refractivity contribution in [2.75, 3.05) is 4.90 Å². The summed E-state index contributed by atoms with van der Waals surface area (Å²) in [6.07, 6.45) is 0. The van der Waals surface area contributed by atoms with E-state index in [4.69, 9.17) is 4.42 Å². The van der Waals surface area contributed by atoms with Crippen molar-refractivity contribution in [3.8, 4) is 39.1 Å². The average Bonchev–Trinajstić information content (AvgIpc) is 3.83. The highest BCUT2D eigenvalue weighted by atomic mass is 16.3. The van der Waals surface area contributed by atoms with Crippen LogP contribution in [0.5, 0.6) is 0 Å². The van der Waals surface area contributed by atoms with Crippen LogP contribution in [0.15, 0.2) is 223 Å². The number of anilines is 3. The van der Waals surface area contributed by atoms with Gasteiger partial charge < -0.3 is 13.9 Å². The zero-order valence-corrected chi connectivity index (χ0v) is 31.1. The molecule has 0 saturated heterocycles.